The molecule has 168 valence electrons. The highest BCUT2D eigenvalue weighted by Gasteiger charge is 2.40. The van der Waals surface area contributed by atoms with E-state index in [1.54, 1.807) is 18.2 Å². The molecule has 0 aliphatic carbocycles. The summed E-state index contributed by atoms with van der Waals surface area (Å²) in [5, 5.41) is 2.29. The molecule has 0 bridgehead atoms. The van der Waals surface area contributed by atoms with Crippen LogP contribution < -0.4 is 15.0 Å². The van der Waals surface area contributed by atoms with E-state index in [1.807, 2.05) is 48.5 Å². The van der Waals surface area contributed by atoms with E-state index < -0.39 is 17.8 Å². The predicted molar refractivity (Wildman–Crippen MR) is 125 cm³/mol. The third kappa shape index (κ3) is 5.56. The number of amides is 2. The van der Waals surface area contributed by atoms with Crippen molar-refractivity contribution in [2.75, 3.05) is 10.2 Å². The highest BCUT2D eigenvalue weighted by Crippen LogP contribution is 2.35. The van der Waals surface area contributed by atoms with E-state index >= 15 is 0 Å². The quantitative estimate of drug-likeness (QED) is 0.501. The zero-order valence-corrected chi connectivity index (χ0v) is 18.0. The molecule has 1 saturated heterocycles. The number of carbonyl (C=O) groups excluding carboxylic acids is 2. The van der Waals surface area contributed by atoms with Crippen LogP contribution in [0.25, 0.3) is 0 Å². The van der Waals surface area contributed by atoms with Gasteiger partial charge in [0.05, 0.1) is 17.1 Å². The first-order valence-corrected chi connectivity index (χ1v) is 10.9. The summed E-state index contributed by atoms with van der Waals surface area (Å²) in [6.45, 7) is -3.02. The average molecular weight is 467 g/mol. The molecule has 9 heteroatoms. The Balaban J connectivity index is 1.54. The monoisotopic (exact) mass is 467 g/mol. The summed E-state index contributed by atoms with van der Waals surface area (Å²) < 4.78 is 29.7. The van der Waals surface area contributed by atoms with E-state index in [-0.39, 0.29) is 23.8 Å². The minimum atomic E-state index is -3.02. The van der Waals surface area contributed by atoms with Crippen molar-refractivity contribution in [1.82, 2.24) is 0 Å². The normalized spacial score (nSPS) is 16.9. The zero-order chi connectivity index (χ0) is 23.2. The summed E-state index contributed by atoms with van der Waals surface area (Å²) in [5.74, 6) is -0.934. The summed E-state index contributed by atoms with van der Waals surface area (Å²) in [5.41, 5.74) is 1.43. The fourth-order valence-electron chi connectivity index (χ4n) is 3.24. The molecule has 1 fully saturated rings. The van der Waals surface area contributed by atoms with Crippen molar-refractivity contribution in [3.05, 3.63) is 84.9 Å². The molecular formula is C24H19F2N3O3S. The smallest absolute Gasteiger partial charge is 0.387 e. The Labute approximate surface area is 193 Å². The molecule has 0 radical (unpaired) electrons. The molecule has 1 aliphatic heterocycles. The number of benzene rings is 3. The number of para-hydroxylation sites is 4. The number of halogens is 2. The van der Waals surface area contributed by atoms with Crippen molar-refractivity contribution in [2.45, 2.75) is 18.3 Å². The van der Waals surface area contributed by atoms with Crippen LogP contribution in [0.4, 0.5) is 25.8 Å². The topological polar surface area (TPSA) is 71.0 Å². The maximum absolute atomic E-state index is 13.2. The Morgan fingerprint density at radius 2 is 1.64 bits per heavy atom. The highest BCUT2D eigenvalue weighted by atomic mass is 32.2. The Morgan fingerprint density at radius 3 is 2.33 bits per heavy atom. The van der Waals surface area contributed by atoms with Gasteiger partial charge in [0, 0.05) is 6.42 Å². The van der Waals surface area contributed by atoms with E-state index in [9.17, 15) is 18.4 Å². The van der Waals surface area contributed by atoms with Crippen molar-refractivity contribution in [3.63, 3.8) is 0 Å². The van der Waals surface area contributed by atoms with Gasteiger partial charge in [-0.25, -0.2) is 4.99 Å². The molecule has 33 heavy (non-hydrogen) atoms. The Hall–Kier alpha value is -3.72. The van der Waals surface area contributed by atoms with Crippen molar-refractivity contribution in [1.29, 1.82) is 0 Å². The number of hydrogen-bond acceptors (Lipinski definition) is 5. The standard InChI is InChI=1S/C24H19F2N3O3S/c25-23(26)32-19-14-8-7-13-18(19)28-21(30)15-20-22(31)29(17-11-5-2-6-12-17)24(33-20)27-16-9-3-1-4-10-16/h1-14,20,23H,15H2,(H,28,30)/t20-/m1/s1. The van der Waals surface area contributed by atoms with Gasteiger partial charge >= 0.3 is 6.61 Å². The number of alkyl halides is 2. The number of nitrogens with zero attached hydrogens (tertiary/aromatic N) is 2. The number of anilines is 2. The lowest BCUT2D eigenvalue weighted by atomic mass is 10.2. The second kappa shape index (κ2) is 10.3. The largest absolute Gasteiger partial charge is 0.433 e. The van der Waals surface area contributed by atoms with Crippen molar-refractivity contribution in [2.24, 2.45) is 4.99 Å². The van der Waals surface area contributed by atoms with Crippen LogP contribution in [0.1, 0.15) is 6.42 Å². The molecule has 0 saturated carbocycles. The van der Waals surface area contributed by atoms with Gasteiger partial charge in [-0.2, -0.15) is 8.78 Å². The second-order valence-corrected chi connectivity index (χ2v) is 8.14. The van der Waals surface area contributed by atoms with Crippen LogP contribution in [0.2, 0.25) is 0 Å². The van der Waals surface area contributed by atoms with Crippen molar-refractivity contribution < 1.29 is 23.1 Å². The lowest BCUT2D eigenvalue weighted by Gasteiger charge is -2.16. The predicted octanol–water partition coefficient (Wildman–Crippen LogP) is 5.45. The van der Waals surface area contributed by atoms with Gasteiger partial charge in [-0.15, -0.1) is 0 Å². The molecule has 2 amide bonds. The first-order chi connectivity index (χ1) is 16.0. The van der Waals surface area contributed by atoms with Crippen LogP contribution >= 0.6 is 11.8 Å². The molecule has 0 unspecified atom stereocenters. The molecule has 1 aliphatic rings. The van der Waals surface area contributed by atoms with Crippen LogP contribution in [-0.2, 0) is 9.59 Å². The first kappa shape index (κ1) is 22.5. The van der Waals surface area contributed by atoms with Gasteiger partial charge in [-0.3, -0.25) is 14.5 Å². The van der Waals surface area contributed by atoms with Crippen molar-refractivity contribution in [3.8, 4) is 5.75 Å². The summed E-state index contributed by atoms with van der Waals surface area (Å²) in [7, 11) is 0. The third-order valence-corrected chi connectivity index (χ3v) is 5.82. The van der Waals surface area contributed by atoms with Gasteiger partial charge in [0.2, 0.25) is 11.8 Å². The van der Waals surface area contributed by atoms with E-state index in [0.29, 0.717) is 16.5 Å². The lowest BCUT2D eigenvalue weighted by molar-refractivity contribution is -0.121. The molecule has 0 spiro atoms. The van der Waals surface area contributed by atoms with Gasteiger partial charge < -0.3 is 10.1 Å². The average Bonchev–Trinajstić information content (AvgIpc) is 3.10. The summed E-state index contributed by atoms with van der Waals surface area (Å²) in [4.78, 5) is 32.0. The van der Waals surface area contributed by atoms with Crippen LogP contribution in [0.5, 0.6) is 5.75 Å². The first-order valence-electron chi connectivity index (χ1n) is 10.0. The maximum atomic E-state index is 13.2. The molecular weight excluding hydrogens is 448 g/mol. The van der Waals surface area contributed by atoms with Crippen LogP contribution in [-0.4, -0.2) is 28.8 Å². The summed E-state index contributed by atoms with van der Waals surface area (Å²) >= 11 is 1.18. The number of thioether (sulfide) groups is 1. The number of carbonyl (C=O) groups is 2. The van der Waals surface area contributed by atoms with E-state index in [0.717, 1.165) is 0 Å². The molecule has 1 N–H and O–H groups in total. The van der Waals surface area contributed by atoms with Crippen LogP contribution in [0, 0.1) is 0 Å². The highest BCUT2D eigenvalue weighted by molar-refractivity contribution is 8.16. The number of amidine groups is 1. The Morgan fingerprint density at radius 1 is 1.00 bits per heavy atom. The van der Waals surface area contributed by atoms with Gasteiger partial charge in [0.1, 0.15) is 11.0 Å². The minimum Gasteiger partial charge on any atom is -0.433 e. The lowest BCUT2D eigenvalue weighted by Crippen LogP contribution is -2.33. The minimum absolute atomic E-state index is 0.108. The second-order valence-electron chi connectivity index (χ2n) is 6.97. The number of rotatable bonds is 7. The van der Waals surface area contributed by atoms with Crippen LogP contribution in [0.3, 0.4) is 0 Å². The number of aliphatic imine (C=N–C) groups is 1. The Bertz CT molecular complexity index is 1160. The fraction of sp³-hybridized carbons (Fsp3) is 0.125. The van der Waals surface area contributed by atoms with Gasteiger partial charge in [-0.05, 0) is 36.4 Å². The van der Waals surface area contributed by atoms with Gasteiger partial charge in [0.15, 0.2) is 5.17 Å². The van der Waals surface area contributed by atoms with E-state index in [1.165, 1.54) is 34.9 Å². The summed E-state index contributed by atoms with van der Waals surface area (Å²) in [6.07, 6.45) is -0.163. The SMILES string of the molecule is O=C(C[C@H]1SC(=Nc2ccccc2)N(c2ccccc2)C1=O)Nc1ccccc1OC(F)F. The zero-order valence-electron chi connectivity index (χ0n) is 17.2. The number of ether oxygens (including phenoxy) is 1. The van der Waals surface area contributed by atoms with Crippen LogP contribution in [0.15, 0.2) is 89.9 Å². The van der Waals surface area contributed by atoms with Gasteiger partial charge in [-0.1, -0.05) is 60.3 Å². The number of nitrogens with one attached hydrogen (secondary N) is 1. The Kier molecular flexibility index (Phi) is 6.99. The summed E-state index contributed by atoms with van der Waals surface area (Å²) in [6, 6.07) is 24.1. The molecule has 0 aromatic heterocycles. The number of hydrogen-bond donors (Lipinski definition) is 1. The molecule has 3 aromatic rings. The molecule has 1 heterocycles. The van der Waals surface area contributed by atoms with Gasteiger partial charge in [0.25, 0.3) is 0 Å². The molecule has 1 atom stereocenters. The molecule has 4 rings (SSSR count). The third-order valence-electron chi connectivity index (χ3n) is 4.68. The molecule has 6 nitrogen and oxygen atoms in total. The maximum Gasteiger partial charge on any atom is 0.387 e. The van der Waals surface area contributed by atoms with E-state index in [2.05, 4.69) is 15.0 Å². The van der Waals surface area contributed by atoms with Crippen molar-refractivity contribution >= 4 is 45.8 Å². The van der Waals surface area contributed by atoms with E-state index in [4.69, 9.17) is 0 Å². The fourth-order valence-corrected chi connectivity index (χ4v) is 4.39. The molecule has 3 aromatic carbocycles.